The molecule has 2 fully saturated rings. The van der Waals surface area contributed by atoms with Gasteiger partial charge in [-0.15, -0.1) is 0 Å². The number of halogens is 1. The monoisotopic (exact) mass is 397 g/mol. The highest BCUT2D eigenvalue weighted by molar-refractivity contribution is 9.10. The number of piperazine rings is 1. The number of amides is 1. The number of carbonyl (C=O) groups is 1. The molecule has 0 spiro atoms. The van der Waals surface area contributed by atoms with Crippen LogP contribution in [-0.2, 0) is 9.53 Å². The van der Waals surface area contributed by atoms with Crippen molar-refractivity contribution in [1.82, 2.24) is 0 Å². The Bertz CT molecular complexity index is 538. The first kappa shape index (κ1) is 17.9. The van der Waals surface area contributed by atoms with Gasteiger partial charge in [-0.2, -0.15) is 0 Å². The third-order valence-electron chi connectivity index (χ3n) is 5.26. The lowest BCUT2D eigenvalue weighted by Gasteiger charge is -2.33. The summed E-state index contributed by atoms with van der Waals surface area (Å²) >= 11 is 3.41. The summed E-state index contributed by atoms with van der Waals surface area (Å²) in [5.41, 5.74) is 0.858. The zero-order valence-corrected chi connectivity index (χ0v) is 15.9. The second kappa shape index (κ2) is 8.43. The van der Waals surface area contributed by atoms with Crippen LogP contribution in [0.3, 0.4) is 0 Å². The van der Waals surface area contributed by atoms with Crippen LogP contribution < -0.4 is 15.1 Å². The molecule has 2 aliphatic heterocycles. The number of ether oxygens (including phenoxy) is 1. The van der Waals surface area contributed by atoms with Gasteiger partial charge < -0.3 is 19.9 Å². The molecule has 0 radical (unpaired) electrons. The van der Waals surface area contributed by atoms with Gasteiger partial charge >= 0.3 is 0 Å². The van der Waals surface area contributed by atoms with Crippen molar-refractivity contribution in [3.8, 4) is 0 Å². The Balaban J connectivity index is 1.44. The van der Waals surface area contributed by atoms with E-state index >= 15 is 0 Å². The molecule has 0 saturated carbocycles. The van der Waals surface area contributed by atoms with Crippen molar-refractivity contribution in [2.24, 2.45) is 0 Å². The molecule has 2 atom stereocenters. The number of hydrogen-bond donors (Lipinski definition) is 3. The molecule has 2 heterocycles. The molecule has 132 valence electrons. The topological polar surface area (TPSA) is 47.2 Å². The number of rotatable bonds is 5. The molecule has 0 aromatic heterocycles. The first-order chi connectivity index (χ1) is 11.6. The van der Waals surface area contributed by atoms with Crippen molar-refractivity contribution >= 4 is 27.5 Å². The Kier molecular flexibility index (Phi) is 6.27. The van der Waals surface area contributed by atoms with E-state index in [9.17, 15) is 4.79 Å². The highest BCUT2D eigenvalue weighted by Crippen LogP contribution is 2.14. The maximum absolute atomic E-state index is 12.5. The second-order valence-electron chi connectivity index (χ2n) is 6.97. The molecule has 1 aromatic carbocycles. The number of nitrogens with one attached hydrogen (secondary N) is 3. The van der Waals surface area contributed by atoms with E-state index in [1.165, 1.54) is 17.7 Å². The number of quaternary nitrogens is 2. The quantitative estimate of drug-likeness (QED) is 0.640. The molecule has 0 unspecified atom stereocenters. The third-order valence-corrected chi connectivity index (χ3v) is 5.79. The molecule has 5 nitrogen and oxygen atoms in total. The Morgan fingerprint density at radius 2 is 2.00 bits per heavy atom. The summed E-state index contributed by atoms with van der Waals surface area (Å²) in [6.45, 7) is 8.47. The van der Waals surface area contributed by atoms with Crippen LogP contribution in [-0.4, -0.2) is 57.4 Å². The van der Waals surface area contributed by atoms with Gasteiger partial charge in [0.25, 0.3) is 5.91 Å². The number of anilines is 1. The van der Waals surface area contributed by atoms with E-state index in [0.29, 0.717) is 6.10 Å². The van der Waals surface area contributed by atoms with Crippen LogP contribution in [0.4, 0.5) is 5.69 Å². The van der Waals surface area contributed by atoms with Crippen LogP contribution in [0.25, 0.3) is 0 Å². The molecular formula is C18H28BrN3O2+2. The van der Waals surface area contributed by atoms with Gasteiger partial charge in [0.1, 0.15) is 38.8 Å². The van der Waals surface area contributed by atoms with Gasteiger partial charge in [0.05, 0.1) is 0 Å². The lowest BCUT2D eigenvalue weighted by molar-refractivity contribution is -1.02. The number of carbonyl (C=O) groups excluding carboxylic acids is 1. The van der Waals surface area contributed by atoms with E-state index in [4.69, 9.17) is 4.74 Å². The van der Waals surface area contributed by atoms with E-state index in [-0.39, 0.29) is 11.9 Å². The van der Waals surface area contributed by atoms with Gasteiger partial charge in [-0.1, -0.05) is 15.9 Å². The van der Waals surface area contributed by atoms with Crippen LogP contribution in [0.2, 0.25) is 0 Å². The second-order valence-corrected chi connectivity index (χ2v) is 7.88. The lowest BCUT2D eigenvalue weighted by Crippen LogP contribution is -3.30. The first-order valence-electron chi connectivity index (χ1n) is 8.98. The average Bonchev–Trinajstić information content (AvgIpc) is 3.10. The summed E-state index contributed by atoms with van der Waals surface area (Å²) in [4.78, 5) is 15.5. The standard InChI is InChI=1S/C18H26BrN3O2/c1-14(18(23)20-16-6-4-15(19)5-7-16)22-10-8-21(9-11-22)13-17-3-2-12-24-17/h4-7,14,17H,2-3,8-13H2,1H3,(H,20,23)/p+2/t14-,17+/m0/s1. The minimum atomic E-state index is -0.0158. The number of hydrogen-bond acceptors (Lipinski definition) is 2. The summed E-state index contributed by atoms with van der Waals surface area (Å²) in [5.74, 6) is 0.106. The smallest absolute Gasteiger partial charge is 0.282 e. The Morgan fingerprint density at radius 3 is 2.62 bits per heavy atom. The summed E-state index contributed by atoms with van der Waals surface area (Å²) < 4.78 is 6.77. The predicted octanol–water partition coefficient (Wildman–Crippen LogP) is -0.261. The van der Waals surface area contributed by atoms with Gasteiger partial charge in [-0.3, -0.25) is 4.79 Å². The Labute approximate surface area is 152 Å². The molecule has 0 bridgehead atoms. The van der Waals surface area contributed by atoms with E-state index in [0.717, 1.165) is 49.5 Å². The average molecular weight is 398 g/mol. The van der Waals surface area contributed by atoms with Gasteiger partial charge in [-0.05, 0) is 44.0 Å². The van der Waals surface area contributed by atoms with Gasteiger partial charge in [0.15, 0.2) is 6.04 Å². The van der Waals surface area contributed by atoms with E-state index < -0.39 is 0 Å². The van der Waals surface area contributed by atoms with Crippen molar-refractivity contribution in [1.29, 1.82) is 0 Å². The zero-order valence-electron chi connectivity index (χ0n) is 14.3. The van der Waals surface area contributed by atoms with Crippen molar-refractivity contribution in [2.75, 3.05) is 44.6 Å². The first-order valence-corrected chi connectivity index (χ1v) is 9.77. The number of benzene rings is 1. The predicted molar refractivity (Wildman–Crippen MR) is 97.5 cm³/mol. The maximum atomic E-state index is 12.5. The van der Waals surface area contributed by atoms with Crippen LogP contribution in [0.5, 0.6) is 0 Å². The third kappa shape index (κ3) is 4.79. The molecule has 3 N–H and O–H groups in total. The van der Waals surface area contributed by atoms with Gasteiger partial charge in [-0.25, -0.2) is 0 Å². The summed E-state index contributed by atoms with van der Waals surface area (Å²) in [7, 11) is 0. The van der Waals surface area contributed by atoms with Crippen LogP contribution in [0.1, 0.15) is 19.8 Å². The molecule has 0 aliphatic carbocycles. The molecule has 3 rings (SSSR count). The maximum Gasteiger partial charge on any atom is 0.282 e. The SMILES string of the molecule is C[C@@H](C(=O)Nc1ccc(Br)cc1)[NH+]1CC[NH+](C[C@H]2CCCO2)CC1. The molecular weight excluding hydrogens is 370 g/mol. The van der Waals surface area contributed by atoms with Crippen molar-refractivity contribution < 1.29 is 19.3 Å². The summed E-state index contributed by atoms with van der Waals surface area (Å²) in [5, 5.41) is 3.03. The van der Waals surface area contributed by atoms with E-state index in [2.05, 4.69) is 21.2 Å². The molecule has 24 heavy (non-hydrogen) atoms. The van der Waals surface area contributed by atoms with Crippen LogP contribution >= 0.6 is 15.9 Å². The van der Waals surface area contributed by atoms with Crippen molar-refractivity contribution in [3.63, 3.8) is 0 Å². The fourth-order valence-corrected chi connectivity index (χ4v) is 3.92. The van der Waals surface area contributed by atoms with Gasteiger partial charge in [0, 0.05) is 16.8 Å². The molecule has 2 saturated heterocycles. The Hall–Kier alpha value is -0.950. The highest BCUT2D eigenvalue weighted by atomic mass is 79.9. The minimum Gasteiger partial charge on any atom is -0.372 e. The highest BCUT2D eigenvalue weighted by Gasteiger charge is 2.32. The van der Waals surface area contributed by atoms with Crippen molar-refractivity contribution in [3.05, 3.63) is 28.7 Å². The van der Waals surface area contributed by atoms with Crippen molar-refractivity contribution in [2.45, 2.75) is 31.9 Å². The van der Waals surface area contributed by atoms with Crippen LogP contribution in [0, 0.1) is 0 Å². The zero-order chi connectivity index (χ0) is 16.9. The van der Waals surface area contributed by atoms with E-state index in [1.54, 1.807) is 4.90 Å². The molecule has 2 aliphatic rings. The minimum absolute atomic E-state index is 0.0158. The molecule has 1 amide bonds. The summed E-state index contributed by atoms with van der Waals surface area (Å²) in [6, 6.07) is 7.72. The normalized spacial score (nSPS) is 28.5. The van der Waals surface area contributed by atoms with E-state index in [1.807, 2.05) is 31.2 Å². The Morgan fingerprint density at radius 1 is 1.29 bits per heavy atom. The fourth-order valence-electron chi connectivity index (χ4n) is 3.66. The fraction of sp³-hybridized carbons (Fsp3) is 0.611. The summed E-state index contributed by atoms with van der Waals surface area (Å²) in [6.07, 6.45) is 2.88. The van der Waals surface area contributed by atoms with Gasteiger partial charge in [0.2, 0.25) is 0 Å². The molecule has 6 heteroatoms. The molecule has 1 aromatic rings. The largest absolute Gasteiger partial charge is 0.372 e. The van der Waals surface area contributed by atoms with Crippen LogP contribution in [0.15, 0.2) is 28.7 Å². The lowest BCUT2D eigenvalue weighted by atomic mass is 10.2.